The number of hydrazone groups is 1. The van der Waals surface area contributed by atoms with Crippen molar-refractivity contribution in [2.45, 2.75) is 20.4 Å². The second-order valence-electron chi connectivity index (χ2n) is 2.32. The van der Waals surface area contributed by atoms with E-state index in [0.717, 1.165) is 5.71 Å². The summed E-state index contributed by atoms with van der Waals surface area (Å²) in [5, 5.41) is 5.42. The van der Waals surface area contributed by atoms with Crippen LogP contribution in [-0.2, 0) is 0 Å². The standard InChI is InChI=1S/C6H14N2OSi/c1-5(2)7-8(3)6(9)10-4/h10H2,1-4H3. The minimum absolute atomic E-state index is 0.182. The molecule has 0 N–H and O–H groups in total. The topological polar surface area (TPSA) is 32.7 Å². The van der Waals surface area contributed by atoms with Gasteiger partial charge in [-0.25, -0.2) is 5.01 Å². The summed E-state index contributed by atoms with van der Waals surface area (Å²) in [6.45, 7) is 5.71. The average molecular weight is 158 g/mol. The molecular formula is C6H14N2OSi. The van der Waals surface area contributed by atoms with E-state index in [2.05, 4.69) is 5.10 Å². The van der Waals surface area contributed by atoms with Gasteiger partial charge in [0, 0.05) is 12.8 Å². The maximum absolute atomic E-state index is 10.9. The van der Waals surface area contributed by atoms with Gasteiger partial charge in [0.1, 0.15) is 9.52 Å². The summed E-state index contributed by atoms with van der Waals surface area (Å²) in [6.07, 6.45) is 0. The van der Waals surface area contributed by atoms with Gasteiger partial charge in [-0.1, -0.05) is 6.55 Å². The van der Waals surface area contributed by atoms with Crippen LogP contribution in [-0.4, -0.2) is 32.8 Å². The van der Waals surface area contributed by atoms with Crippen LogP contribution in [0.2, 0.25) is 6.55 Å². The molecule has 0 aromatic rings. The molecule has 3 nitrogen and oxygen atoms in total. The Kier molecular flexibility index (Phi) is 3.95. The summed E-state index contributed by atoms with van der Waals surface area (Å²) < 4.78 is 0. The van der Waals surface area contributed by atoms with Gasteiger partial charge in [-0.2, -0.15) is 5.10 Å². The number of carbonyl (C=O) groups is 1. The third-order valence-corrected chi connectivity index (χ3v) is 2.08. The zero-order valence-corrected chi connectivity index (χ0v) is 8.42. The summed E-state index contributed by atoms with van der Waals surface area (Å²) in [5.41, 5.74) is 1.10. The summed E-state index contributed by atoms with van der Waals surface area (Å²) >= 11 is 0. The molecule has 1 amide bonds. The molecule has 0 radical (unpaired) electrons. The Morgan fingerprint density at radius 2 is 2.00 bits per heavy atom. The van der Waals surface area contributed by atoms with Crippen molar-refractivity contribution in [3.05, 3.63) is 0 Å². The monoisotopic (exact) mass is 158 g/mol. The minimum Gasteiger partial charge on any atom is -0.280 e. The average Bonchev–Trinajstić information content (AvgIpc) is 1.85. The van der Waals surface area contributed by atoms with Crippen molar-refractivity contribution in [2.75, 3.05) is 7.05 Å². The van der Waals surface area contributed by atoms with E-state index >= 15 is 0 Å². The highest BCUT2D eigenvalue weighted by Gasteiger charge is 2.01. The Morgan fingerprint density at radius 3 is 2.30 bits per heavy atom. The third-order valence-electron chi connectivity index (χ3n) is 1.01. The van der Waals surface area contributed by atoms with Gasteiger partial charge < -0.3 is 0 Å². The fourth-order valence-electron chi connectivity index (χ4n) is 0.585. The number of hydrogen-bond donors (Lipinski definition) is 0. The van der Waals surface area contributed by atoms with Crippen molar-refractivity contribution in [1.82, 2.24) is 5.01 Å². The maximum Gasteiger partial charge on any atom is 0.206 e. The van der Waals surface area contributed by atoms with Crippen LogP contribution >= 0.6 is 0 Å². The van der Waals surface area contributed by atoms with E-state index < -0.39 is 9.52 Å². The van der Waals surface area contributed by atoms with E-state index in [1.807, 2.05) is 20.4 Å². The molecule has 0 bridgehead atoms. The van der Waals surface area contributed by atoms with Crippen LogP contribution in [0.1, 0.15) is 13.8 Å². The number of carbonyl (C=O) groups excluding carboxylic acids is 1. The summed E-state index contributed by atoms with van der Waals surface area (Å²) in [6, 6.07) is 0. The number of nitrogens with zero attached hydrogens (tertiary/aromatic N) is 2. The first-order valence-electron chi connectivity index (χ1n) is 3.36. The van der Waals surface area contributed by atoms with E-state index in [0.29, 0.717) is 0 Å². The van der Waals surface area contributed by atoms with E-state index in [-0.39, 0.29) is 5.53 Å². The van der Waals surface area contributed by atoms with Crippen molar-refractivity contribution >= 4 is 20.8 Å². The molecule has 4 heteroatoms. The van der Waals surface area contributed by atoms with Gasteiger partial charge in [0.2, 0.25) is 5.53 Å². The van der Waals surface area contributed by atoms with Crippen molar-refractivity contribution in [1.29, 1.82) is 0 Å². The molecular weight excluding hydrogens is 144 g/mol. The number of rotatable bonds is 2. The largest absolute Gasteiger partial charge is 0.280 e. The molecule has 0 aromatic heterocycles. The minimum atomic E-state index is -0.572. The molecule has 0 aliphatic rings. The van der Waals surface area contributed by atoms with Crippen molar-refractivity contribution < 1.29 is 4.79 Å². The molecule has 0 aliphatic heterocycles. The van der Waals surface area contributed by atoms with Crippen LogP contribution in [0.4, 0.5) is 4.79 Å². The smallest absolute Gasteiger partial charge is 0.206 e. The molecule has 0 saturated carbocycles. The van der Waals surface area contributed by atoms with Gasteiger partial charge in [0.05, 0.1) is 0 Å². The first-order chi connectivity index (χ1) is 4.57. The van der Waals surface area contributed by atoms with Gasteiger partial charge in [-0.15, -0.1) is 0 Å². The lowest BCUT2D eigenvalue weighted by Gasteiger charge is -2.09. The summed E-state index contributed by atoms with van der Waals surface area (Å²) in [5.74, 6) is 0. The molecule has 10 heavy (non-hydrogen) atoms. The number of hydrogen-bond acceptors (Lipinski definition) is 2. The van der Waals surface area contributed by atoms with Gasteiger partial charge in [0.15, 0.2) is 0 Å². The predicted octanol–water partition coefficient (Wildman–Crippen LogP) is 0.651. The lowest BCUT2D eigenvalue weighted by Crippen LogP contribution is -2.24. The van der Waals surface area contributed by atoms with Gasteiger partial charge in [-0.05, 0) is 13.8 Å². The predicted molar refractivity (Wildman–Crippen MR) is 46.4 cm³/mol. The van der Waals surface area contributed by atoms with Crippen LogP contribution in [0.25, 0.3) is 0 Å². The first kappa shape index (κ1) is 9.36. The highest BCUT2D eigenvalue weighted by molar-refractivity contribution is 6.72. The highest BCUT2D eigenvalue weighted by Crippen LogP contribution is 1.87. The molecule has 0 heterocycles. The van der Waals surface area contributed by atoms with Crippen LogP contribution in [0.15, 0.2) is 5.10 Å². The Morgan fingerprint density at radius 1 is 1.50 bits per heavy atom. The summed E-state index contributed by atoms with van der Waals surface area (Å²) in [4.78, 5) is 10.9. The van der Waals surface area contributed by atoms with E-state index in [9.17, 15) is 4.79 Å². The fraction of sp³-hybridized carbons (Fsp3) is 0.667. The van der Waals surface area contributed by atoms with Gasteiger partial charge in [0.25, 0.3) is 0 Å². The molecule has 0 spiro atoms. The van der Waals surface area contributed by atoms with Crippen molar-refractivity contribution in [3.63, 3.8) is 0 Å². The molecule has 0 saturated heterocycles. The Hall–Kier alpha value is -0.643. The Labute approximate surface area is 63.9 Å². The van der Waals surface area contributed by atoms with Gasteiger partial charge >= 0.3 is 0 Å². The zero-order valence-electron chi connectivity index (χ0n) is 7.01. The van der Waals surface area contributed by atoms with E-state index in [1.54, 1.807) is 7.05 Å². The first-order valence-corrected chi connectivity index (χ1v) is 5.48. The lowest BCUT2D eigenvalue weighted by molar-refractivity contribution is 0.233. The Balaban J connectivity index is 3.96. The van der Waals surface area contributed by atoms with Gasteiger partial charge in [-0.3, -0.25) is 4.79 Å². The van der Waals surface area contributed by atoms with Crippen molar-refractivity contribution in [3.8, 4) is 0 Å². The second-order valence-corrected chi connectivity index (χ2v) is 3.63. The highest BCUT2D eigenvalue weighted by atomic mass is 28.2. The normalized spacial score (nSPS) is 10.0. The summed E-state index contributed by atoms with van der Waals surface area (Å²) in [7, 11) is 1.13. The fourth-order valence-corrected chi connectivity index (χ4v) is 1.11. The van der Waals surface area contributed by atoms with E-state index in [1.165, 1.54) is 5.01 Å². The zero-order chi connectivity index (χ0) is 8.15. The molecule has 0 fully saturated rings. The van der Waals surface area contributed by atoms with Crippen molar-refractivity contribution in [2.24, 2.45) is 5.10 Å². The second kappa shape index (κ2) is 4.22. The van der Waals surface area contributed by atoms with E-state index in [4.69, 9.17) is 0 Å². The molecule has 0 aliphatic carbocycles. The molecule has 0 atom stereocenters. The molecule has 0 unspecified atom stereocenters. The quantitative estimate of drug-likeness (QED) is 0.330. The van der Waals surface area contributed by atoms with Crippen LogP contribution in [0.3, 0.4) is 0 Å². The SMILES string of the molecule is C[SiH2]C(=O)N(C)N=C(C)C. The maximum atomic E-state index is 10.9. The lowest BCUT2D eigenvalue weighted by atomic mass is 10.5. The van der Waals surface area contributed by atoms with Crippen LogP contribution < -0.4 is 0 Å². The molecule has 0 rings (SSSR count). The van der Waals surface area contributed by atoms with Crippen LogP contribution in [0, 0.1) is 0 Å². The molecule has 58 valence electrons. The Bertz CT molecular complexity index is 152. The molecule has 0 aromatic carbocycles. The van der Waals surface area contributed by atoms with Crippen LogP contribution in [0.5, 0.6) is 0 Å². The third kappa shape index (κ3) is 3.40. The number of amides is 1.